The summed E-state index contributed by atoms with van der Waals surface area (Å²) < 4.78 is 5.39. The van der Waals surface area contributed by atoms with E-state index in [1.54, 1.807) is 0 Å². The van der Waals surface area contributed by atoms with Crippen LogP contribution in [0.3, 0.4) is 0 Å². The predicted molar refractivity (Wildman–Crippen MR) is 62.2 cm³/mol. The van der Waals surface area contributed by atoms with Crippen molar-refractivity contribution in [3.8, 4) is 5.75 Å². The highest BCUT2D eigenvalue weighted by Gasteiger charge is 2.29. The highest BCUT2D eigenvalue weighted by Crippen LogP contribution is 2.27. The summed E-state index contributed by atoms with van der Waals surface area (Å²) in [4.78, 5) is 10.8. The zero-order valence-corrected chi connectivity index (χ0v) is 9.77. The van der Waals surface area contributed by atoms with Crippen molar-refractivity contribution in [1.82, 2.24) is 0 Å². The Bertz CT molecular complexity index is 437. The largest absolute Gasteiger partial charge is 0.493 e. The van der Waals surface area contributed by atoms with E-state index in [0.29, 0.717) is 13.0 Å². The van der Waals surface area contributed by atoms with Crippen molar-refractivity contribution in [3.63, 3.8) is 0 Å². The number of aliphatic hydroxyl groups is 1. The fourth-order valence-corrected chi connectivity index (χ4v) is 1.89. The highest BCUT2D eigenvalue weighted by atomic mass is 16.5. The van der Waals surface area contributed by atoms with Gasteiger partial charge in [0.25, 0.3) is 0 Å². The first-order chi connectivity index (χ1) is 7.99. The fourth-order valence-electron chi connectivity index (χ4n) is 1.89. The normalized spacial score (nSPS) is 17.1. The summed E-state index contributed by atoms with van der Waals surface area (Å²) in [5.41, 5.74) is 0.545. The van der Waals surface area contributed by atoms with Crippen LogP contribution in [0.4, 0.5) is 0 Å². The van der Waals surface area contributed by atoms with Gasteiger partial charge in [0.15, 0.2) is 5.60 Å². The van der Waals surface area contributed by atoms with Gasteiger partial charge in [0.1, 0.15) is 5.75 Å². The van der Waals surface area contributed by atoms with Crippen molar-refractivity contribution in [2.75, 3.05) is 6.61 Å². The second-order valence-corrected chi connectivity index (χ2v) is 4.62. The second-order valence-electron chi connectivity index (χ2n) is 4.62. The lowest BCUT2D eigenvalue weighted by Crippen LogP contribution is -2.35. The van der Waals surface area contributed by atoms with E-state index in [1.165, 1.54) is 6.92 Å². The van der Waals surface area contributed by atoms with Gasteiger partial charge in [0.2, 0.25) is 0 Å². The average molecular weight is 236 g/mol. The third kappa shape index (κ3) is 2.58. The Labute approximate surface area is 99.8 Å². The molecule has 17 heavy (non-hydrogen) atoms. The van der Waals surface area contributed by atoms with Gasteiger partial charge in [0.05, 0.1) is 6.61 Å². The number of carboxylic acid groups (broad SMARTS) is 1. The zero-order chi connectivity index (χ0) is 12.5. The van der Waals surface area contributed by atoms with Gasteiger partial charge >= 0.3 is 5.97 Å². The van der Waals surface area contributed by atoms with Gasteiger partial charge in [-0.15, -0.1) is 0 Å². The number of aliphatic carboxylic acids is 1. The number of benzene rings is 1. The lowest BCUT2D eigenvalue weighted by molar-refractivity contribution is -0.157. The van der Waals surface area contributed by atoms with Crippen molar-refractivity contribution >= 4 is 5.97 Å². The van der Waals surface area contributed by atoms with Crippen LogP contribution in [-0.2, 0) is 17.6 Å². The lowest BCUT2D eigenvalue weighted by Gasteiger charge is -2.17. The number of hydrogen-bond acceptors (Lipinski definition) is 3. The molecule has 0 bridgehead atoms. The Kier molecular flexibility index (Phi) is 3.07. The molecular formula is C13H16O4. The number of hydrogen-bond donors (Lipinski definition) is 2. The number of fused-ring (bicyclic) bond motifs is 1. The Morgan fingerprint density at radius 2 is 2.29 bits per heavy atom. The molecular weight excluding hydrogens is 220 g/mol. The lowest BCUT2D eigenvalue weighted by atomic mass is 9.96. The van der Waals surface area contributed by atoms with Crippen LogP contribution >= 0.6 is 0 Å². The number of aryl methyl sites for hydroxylation is 1. The molecule has 4 heteroatoms. The molecule has 1 unspecified atom stereocenters. The third-order valence-corrected chi connectivity index (χ3v) is 3.12. The minimum Gasteiger partial charge on any atom is -0.493 e. The Hall–Kier alpha value is -1.55. The monoisotopic (exact) mass is 236 g/mol. The summed E-state index contributed by atoms with van der Waals surface area (Å²) in [5.74, 6) is -0.263. The number of carboxylic acids is 1. The Balaban J connectivity index is 2.03. The van der Waals surface area contributed by atoms with E-state index in [9.17, 15) is 9.90 Å². The van der Waals surface area contributed by atoms with E-state index in [-0.39, 0.29) is 6.42 Å². The molecule has 4 nitrogen and oxygen atoms in total. The van der Waals surface area contributed by atoms with Crippen LogP contribution in [0.25, 0.3) is 0 Å². The van der Waals surface area contributed by atoms with Gasteiger partial charge in [-0.3, -0.25) is 0 Å². The third-order valence-electron chi connectivity index (χ3n) is 3.12. The van der Waals surface area contributed by atoms with Crippen LogP contribution in [0, 0.1) is 0 Å². The molecule has 0 aliphatic carbocycles. The van der Waals surface area contributed by atoms with E-state index in [2.05, 4.69) is 0 Å². The van der Waals surface area contributed by atoms with E-state index < -0.39 is 11.6 Å². The molecule has 2 N–H and O–H groups in total. The molecule has 92 valence electrons. The van der Waals surface area contributed by atoms with Crippen LogP contribution in [0.2, 0.25) is 0 Å². The van der Waals surface area contributed by atoms with E-state index in [1.807, 2.05) is 18.2 Å². The summed E-state index contributed by atoms with van der Waals surface area (Å²) in [7, 11) is 0. The van der Waals surface area contributed by atoms with Crippen molar-refractivity contribution in [3.05, 3.63) is 29.3 Å². The van der Waals surface area contributed by atoms with Gasteiger partial charge < -0.3 is 14.9 Å². The van der Waals surface area contributed by atoms with Crippen LogP contribution in [0.15, 0.2) is 18.2 Å². The summed E-state index contributed by atoms with van der Waals surface area (Å²) in [6, 6.07) is 5.86. The molecule has 0 saturated heterocycles. The molecule has 1 aromatic carbocycles. The maximum Gasteiger partial charge on any atom is 0.335 e. The summed E-state index contributed by atoms with van der Waals surface area (Å²) >= 11 is 0. The van der Waals surface area contributed by atoms with Crippen molar-refractivity contribution < 1.29 is 19.7 Å². The molecule has 0 amide bonds. The molecule has 1 aliphatic heterocycles. The van der Waals surface area contributed by atoms with Crippen molar-refractivity contribution in [2.45, 2.75) is 31.8 Å². The van der Waals surface area contributed by atoms with Gasteiger partial charge in [-0.2, -0.15) is 0 Å². The number of rotatable bonds is 4. The van der Waals surface area contributed by atoms with Gasteiger partial charge in [-0.05, 0) is 37.0 Å². The smallest absolute Gasteiger partial charge is 0.335 e. The standard InChI is InChI=1S/C13H16O4/c1-13(16,12(14)15)6-4-9-2-3-11-10(8-9)5-7-17-11/h2-3,8,16H,4-7H2,1H3,(H,14,15). The molecule has 1 atom stereocenters. The molecule has 2 rings (SSSR count). The van der Waals surface area contributed by atoms with Crippen molar-refractivity contribution in [1.29, 1.82) is 0 Å². The first kappa shape index (κ1) is 11.9. The predicted octanol–water partition coefficient (Wildman–Crippen LogP) is 1.39. The van der Waals surface area contributed by atoms with Crippen LogP contribution in [-0.4, -0.2) is 28.4 Å². The average Bonchev–Trinajstić information content (AvgIpc) is 2.73. The minimum absolute atomic E-state index is 0.210. The Morgan fingerprint density at radius 3 is 3.00 bits per heavy atom. The molecule has 1 heterocycles. The SMILES string of the molecule is CC(O)(CCc1ccc2c(c1)CCO2)C(=O)O. The second kappa shape index (κ2) is 4.37. The van der Waals surface area contributed by atoms with Crippen molar-refractivity contribution in [2.24, 2.45) is 0 Å². The topological polar surface area (TPSA) is 66.8 Å². The molecule has 0 aromatic heterocycles. The maximum absolute atomic E-state index is 10.8. The van der Waals surface area contributed by atoms with Gasteiger partial charge in [-0.25, -0.2) is 4.79 Å². The van der Waals surface area contributed by atoms with Crippen LogP contribution in [0.5, 0.6) is 5.75 Å². The van der Waals surface area contributed by atoms with Crippen LogP contribution in [0.1, 0.15) is 24.5 Å². The van der Waals surface area contributed by atoms with E-state index in [4.69, 9.17) is 9.84 Å². The fraction of sp³-hybridized carbons (Fsp3) is 0.462. The molecule has 0 fully saturated rings. The first-order valence-corrected chi connectivity index (χ1v) is 5.69. The molecule has 0 radical (unpaired) electrons. The van der Waals surface area contributed by atoms with Crippen LogP contribution < -0.4 is 4.74 Å². The number of carbonyl (C=O) groups is 1. The van der Waals surface area contributed by atoms with E-state index >= 15 is 0 Å². The molecule has 0 saturated carbocycles. The quantitative estimate of drug-likeness (QED) is 0.829. The zero-order valence-electron chi connectivity index (χ0n) is 9.77. The van der Waals surface area contributed by atoms with E-state index in [0.717, 1.165) is 23.3 Å². The summed E-state index contributed by atoms with van der Waals surface area (Å²) in [6.45, 7) is 2.04. The summed E-state index contributed by atoms with van der Waals surface area (Å²) in [5, 5.41) is 18.4. The molecule has 0 spiro atoms. The maximum atomic E-state index is 10.8. The highest BCUT2D eigenvalue weighted by molar-refractivity contribution is 5.76. The Morgan fingerprint density at radius 1 is 1.53 bits per heavy atom. The van der Waals surface area contributed by atoms with Gasteiger partial charge in [0, 0.05) is 6.42 Å². The molecule has 1 aromatic rings. The molecule has 1 aliphatic rings. The number of ether oxygens (including phenoxy) is 1. The first-order valence-electron chi connectivity index (χ1n) is 5.69. The summed E-state index contributed by atoms with van der Waals surface area (Å²) in [6.07, 6.45) is 1.66. The minimum atomic E-state index is -1.66. The van der Waals surface area contributed by atoms with Gasteiger partial charge in [-0.1, -0.05) is 12.1 Å².